The van der Waals surface area contributed by atoms with Crippen molar-refractivity contribution in [1.29, 1.82) is 0 Å². The quantitative estimate of drug-likeness (QED) is 0.183. The summed E-state index contributed by atoms with van der Waals surface area (Å²) in [5.74, 6) is 0.889. The predicted molar refractivity (Wildman–Crippen MR) is 198 cm³/mol. The molecular weight excluding hydrogens is 577 g/mol. The number of furan rings is 1. The van der Waals surface area contributed by atoms with Crippen molar-refractivity contribution in [2.24, 2.45) is 0 Å². The molecule has 2 heterocycles. The summed E-state index contributed by atoms with van der Waals surface area (Å²) in [6, 6.07) is 57.1. The third-order valence-corrected chi connectivity index (χ3v) is 10.6. The zero-order valence-corrected chi connectivity index (χ0v) is 25.6. The van der Waals surface area contributed by atoms with Crippen molar-refractivity contribution in [3.8, 4) is 33.6 Å². The van der Waals surface area contributed by atoms with Gasteiger partial charge in [0, 0.05) is 31.1 Å². The summed E-state index contributed by atoms with van der Waals surface area (Å²) in [6.45, 7) is 0. The van der Waals surface area contributed by atoms with Gasteiger partial charge < -0.3 is 4.42 Å². The Balaban J connectivity index is 1.38. The molecule has 0 saturated carbocycles. The molecule has 0 saturated heterocycles. The maximum Gasteiger partial charge on any atom is 0.144 e. The predicted octanol–water partition coefficient (Wildman–Crippen LogP) is 13.3. The third kappa shape index (κ3) is 3.68. The normalized spacial score (nSPS) is 11.9. The fraction of sp³-hybridized carbons (Fsp3) is 0. The van der Waals surface area contributed by atoms with E-state index in [9.17, 15) is 0 Å². The highest BCUT2D eigenvalue weighted by Crippen LogP contribution is 2.50. The minimum absolute atomic E-state index is 0.889. The Morgan fingerprint density at radius 3 is 1.67 bits per heavy atom. The molecule has 8 aromatic carbocycles. The van der Waals surface area contributed by atoms with Crippen molar-refractivity contribution in [3.05, 3.63) is 158 Å². The highest BCUT2D eigenvalue weighted by molar-refractivity contribution is 7.26. The summed E-state index contributed by atoms with van der Waals surface area (Å²) in [5, 5.41) is 11.1. The van der Waals surface area contributed by atoms with E-state index in [1.54, 1.807) is 0 Å². The number of hydrogen-bond acceptors (Lipinski definition) is 2. The van der Waals surface area contributed by atoms with Crippen molar-refractivity contribution in [2.75, 3.05) is 0 Å². The molecule has 10 aromatic rings. The molecule has 2 heteroatoms. The number of hydrogen-bond donors (Lipinski definition) is 0. The second-order valence-corrected chi connectivity index (χ2v) is 13.1. The largest absolute Gasteiger partial charge is 0.455 e. The molecule has 0 unspecified atom stereocenters. The second-order valence-electron chi connectivity index (χ2n) is 12.0. The van der Waals surface area contributed by atoms with Crippen molar-refractivity contribution >= 4 is 74.8 Å². The van der Waals surface area contributed by atoms with Crippen LogP contribution in [-0.4, -0.2) is 0 Å². The number of thiophene rings is 1. The number of benzene rings is 8. The van der Waals surface area contributed by atoms with E-state index in [1.807, 2.05) is 11.3 Å². The van der Waals surface area contributed by atoms with Gasteiger partial charge in [0.2, 0.25) is 0 Å². The molecule has 0 aliphatic heterocycles. The van der Waals surface area contributed by atoms with Gasteiger partial charge in [-0.2, -0.15) is 0 Å². The molecule has 0 aliphatic carbocycles. The highest BCUT2D eigenvalue weighted by Gasteiger charge is 2.23. The van der Waals surface area contributed by atoms with Crippen molar-refractivity contribution in [1.82, 2.24) is 0 Å². The summed E-state index contributed by atoms with van der Waals surface area (Å²) in [6.07, 6.45) is 0. The molecule has 0 bridgehead atoms. The first-order chi connectivity index (χ1) is 22.8. The Morgan fingerprint density at radius 2 is 0.957 bits per heavy atom. The lowest BCUT2D eigenvalue weighted by Crippen LogP contribution is -1.92. The maximum absolute atomic E-state index is 6.87. The fourth-order valence-electron chi connectivity index (χ4n) is 7.49. The van der Waals surface area contributed by atoms with E-state index in [1.165, 1.54) is 74.7 Å². The zero-order chi connectivity index (χ0) is 30.2. The van der Waals surface area contributed by atoms with Crippen LogP contribution in [0.3, 0.4) is 0 Å². The lowest BCUT2D eigenvalue weighted by Gasteiger charge is -2.19. The summed E-state index contributed by atoms with van der Waals surface area (Å²) < 4.78 is 9.38. The van der Waals surface area contributed by atoms with E-state index in [2.05, 4.69) is 158 Å². The average Bonchev–Trinajstić information content (AvgIpc) is 3.73. The Labute approximate surface area is 269 Å². The van der Waals surface area contributed by atoms with Gasteiger partial charge in [0.15, 0.2) is 0 Å². The van der Waals surface area contributed by atoms with Crippen LogP contribution >= 0.6 is 11.3 Å². The standard InChI is InChI=1S/C44H26OS/c1-2-14-28(15-3-1)38-25-37-36(26-40-43(44(37)45-38)35-22-10-11-24-39(35)46-40)42-33-20-8-6-18-31(33)41(32-19-7-9-21-34(32)42)30-23-12-16-27-13-4-5-17-29(27)30/h1-26H. The Kier molecular flexibility index (Phi) is 5.51. The van der Waals surface area contributed by atoms with E-state index < -0.39 is 0 Å². The summed E-state index contributed by atoms with van der Waals surface area (Å²) in [7, 11) is 0. The molecule has 46 heavy (non-hydrogen) atoms. The minimum atomic E-state index is 0.889. The zero-order valence-electron chi connectivity index (χ0n) is 24.8. The number of fused-ring (bicyclic) bond motifs is 8. The van der Waals surface area contributed by atoms with Crippen LogP contribution in [0.25, 0.3) is 97.0 Å². The molecule has 0 spiro atoms. The lowest BCUT2D eigenvalue weighted by atomic mass is 9.84. The van der Waals surface area contributed by atoms with Crippen LogP contribution in [0.2, 0.25) is 0 Å². The van der Waals surface area contributed by atoms with Crippen molar-refractivity contribution < 1.29 is 4.42 Å². The summed E-state index contributed by atoms with van der Waals surface area (Å²) in [5.41, 5.74) is 7.03. The Morgan fingerprint density at radius 1 is 0.391 bits per heavy atom. The van der Waals surface area contributed by atoms with Crippen LogP contribution in [0.1, 0.15) is 0 Å². The molecule has 0 atom stereocenters. The van der Waals surface area contributed by atoms with Crippen molar-refractivity contribution in [3.63, 3.8) is 0 Å². The molecule has 0 radical (unpaired) electrons. The van der Waals surface area contributed by atoms with E-state index in [4.69, 9.17) is 4.42 Å². The first-order valence-electron chi connectivity index (χ1n) is 15.7. The van der Waals surface area contributed by atoms with Gasteiger partial charge >= 0.3 is 0 Å². The van der Waals surface area contributed by atoms with Gasteiger partial charge in [0.1, 0.15) is 11.3 Å². The molecule has 0 amide bonds. The van der Waals surface area contributed by atoms with Gasteiger partial charge in [-0.1, -0.05) is 140 Å². The molecule has 10 rings (SSSR count). The summed E-state index contributed by atoms with van der Waals surface area (Å²) >= 11 is 1.84. The first kappa shape index (κ1) is 25.6. The smallest absolute Gasteiger partial charge is 0.144 e. The van der Waals surface area contributed by atoms with Crippen LogP contribution in [-0.2, 0) is 0 Å². The minimum Gasteiger partial charge on any atom is -0.455 e. The van der Waals surface area contributed by atoms with Gasteiger partial charge in [-0.25, -0.2) is 0 Å². The highest BCUT2D eigenvalue weighted by atomic mass is 32.1. The van der Waals surface area contributed by atoms with Gasteiger partial charge in [-0.15, -0.1) is 11.3 Å². The van der Waals surface area contributed by atoms with Gasteiger partial charge in [0.25, 0.3) is 0 Å². The monoisotopic (exact) mass is 602 g/mol. The maximum atomic E-state index is 6.87. The molecule has 1 nitrogen and oxygen atoms in total. The molecular formula is C44H26OS. The Hall–Kier alpha value is -5.70. The van der Waals surface area contributed by atoms with Gasteiger partial charge in [-0.05, 0) is 72.8 Å². The van der Waals surface area contributed by atoms with Gasteiger partial charge in [0.05, 0.1) is 0 Å². The van der Waals surface area contributed by atoms with Crippen LogP contribution in [0.4, 0.5) is 0 Å². The molecule has 0 fully saturated rings. The molecule has 0 aliphatic rings. The van der Waals surface area contributed by atoms with Crippen molar-refractivity contribution in [2.45, 2.75) is 0 Å². The fourth-order valence-corrected chi connectivity index (χ4v) is 8.63. The van der Waals surface area contributed by atoms with E-state index in [0.717, 1.165) is 22.3 Å². The third-order valence-electron chi connectivity index (χ3n) is 9.47. The molecule has 2 aromatic heterocycles. The Bertz CT molecular complexity index is 2740. The lowest BCUT2D eigenvalue weighted by molar-refractivity contribution is 0.635. The van der Waals surface area contributed by atoms with Crippen LogP contribution < -0.4 is 0 Å². The SMILES string of the molecule is c1ccc(-c2cc3c(-c4c5ccccc5c(-c5cccc6ccccc56)c5ccccc45)cc4sc5ccccc5c4c3o2)cc1. The molecule has 214 valence electrons. The second kappa shape index (κ2) is 9.90. The molecule has 0 N–H and O–H groups in total. The summed E-state index contributed by atoms with van der Waals surface area (Å²) in [4.78, 5) is 0. The number of rotatable bonds is 3. The van der Waals surface area contributed by atoms with Crippen LogP contribution in [0.5, 0.6) is 0 Å². The van der Waals surface area contributed by atoms with E-state index in [-0.39, 0.29) is 0 Å². The van der Waals surface area contributed by atoms with Gasteiger partial charge in [-0.3, -0.25) is 0 Å². The van der Waals surface area contributed by atoms with Crippen LogP contribution in [0.15, 0.2) is 162 Å². The first-order valence-corrected chi connectivity index (χ1v) is 16.5. The average molecular weight is 603 g/mol. The topological polar surface area (TPSA) is 13.1 Å². The van der Waals surface area contributed by atoms with Crippen LogP contribution in [0, 0.1) is 0 Å². The van der Waals surface area contributed by atoms with E-state index >= 15 is 0 Å². The van der Waals surface area contributed by atoms with E-state index in [0.29, 0.717) is 0 Å².